The summed E-state index contributed by atoms with van der Waals surface area (Å²) >= 11 is 7.56. The molecule has 0 unspecified atom stereocenters. The number of imide groups is 1. The van der Waals surface area contributed by atoms with Gasteiger partial charge in [-0.05, 0) is 55.1 Å². The molecule has 0 radical (unpaired) electrons. The van der Waals surface area contributed by atoms with Crippen LogP contribution in [0.25, 0.3) is 5.57 Å². The number of ether oxygens (including phenoxy) is 1. The fourth-order valence-electron chi connectivity index (χ4n) is 3.31. The van der Waals surface area contributed by atoms with Crippen molar-refractivity contribution >= 4 is 51.7 Å². The lowest BCUT2D eigenvalue weighted by atomic mass is 10.1. The van der Waals surface area contributed by atoms with E-state index in [1.54, 1.807) is 24.3 Å². The van der Waals surface area contributed by atoms with Gasteiger partial charge in [0.1, 0.15) is 11.4 Å². The van der Waals surface area contributed by atoms with Crippen LogP contribution in [0.4, 0.5) is 11.4 Å². The molecule has 1 aliphatic heterocycles. The minimum absolute atomic E-state index is 0.232. The summed E-state index contributed by atoms with van der Waals surface area (Å²) in [5.41, 5.74) is 2.50. The summed E-state index contributed by atoms with van der Waals surface area (Å²) in [6.45, 7) is 4.28. The third-order valence-electron chi connectivity index (χ3n) is 4.68. The van der Waals surface area contributed by atoms with Gasteiger partial charge in [-0.2, -0.15) is 0 Å². The Morgan fingerprint density at radius 1 is 1.07 bits per heavy atom. The van der Waals surface area contributed by atoms with E-state index in [0.717, 1.165) is 10.4 Å². The van der Waals surface area contributed by atoms with E-state index in [0.29, 0.717) is 34.3 Å². The number of nitrogens with one attached hydrogen (secondary N) is 1. The fourth-order valence-corrected chi connectivity index (χ4v) is 4.25. The van der Waals surface area contributed by atoms with Crippen LogP contribution >= 0.6 is 22.9 Å². The lowest BCUT2D eigenvalue weighted by molar-refractivity contribution is -0.120. The molecular weight excluding hydrogens is 420 g/mol. The Labute approximate surface area is 183 Å². The van der Waals surface area contributed by atoms with Crippen molar-refractivity contribution in [2.45, 2.75) is 13.8 Å². The molecule has 0 saturated heterocycles. The highest BCUT2D eigenvalue weighted by Crippen LogP contribution is 2.37. The van der Waals surface area contributed by atoms with Gasteiger partial charge in [0.05, 0.1) is 17.9 Å². The van der Waals surface area contributed by atoms with E-state index in [9.17, 15) is 9.59 Å². The Morgan fingerprint density at radius 3 is 2.63 bits per heavy atom. The molecule has 1 N–H and O–H groups in total. The third kappa shape index (κ3) is 3.72. The number of anilines is 2. The Kier molecular flexibility index (Phi) is 5.61. The zero-order chi connectivity index (χ0) is 21.3. The SMILES string of the molecule is CCOc1cccc(NC2=C(c3cccs3)C(=O)N(c3cc(Cl)ccc3C)C2=O)c1. The summed E-state index contributed by atoms with van der Waals surface area (Å²) in [6.07, 6.45) is 0. The predicted molar refractivity (Wildman–Crippen MR) is 121 cm³/mol. The minimum Gasteiger partial charge on any atom is -0.494 e. The average molecular weight is 439 g/mol. The van der Waals surface area contributed by atoms with Gasteiger partial charge in [-0.1, -0.05) is 29.8 Å². The molecule has 2 amide bonds. The Hall–Kier alpha value is -3.09. The normalized spacial score (nSPS) is 13.9. The number of thiophene rings is 1. The van der Waals surface area contributed by atoms with Crippen LogP contribution < -0.4 is 15.0 Å². The van der Waals surface area contributed by atoms with Gasteiger partial charge in [0.25, 0.3) is 11.8 Å². The van der Waals surface area contributed by atoms with Crippen molar-refractivity contribution in [2.75, 3.05) is 16.8 Å². The molecule has 0 aliphatic carbocycles. The number of nitrogens with zero attached hydrogens (tertiary/aromatic N) is 1. The molecule has 0 bridgehead atoms. The van der Waals surface area contributed by atoms with Crippen LogP contribution in [0.2, 0.25) is 5.02 Å². The van der Waals surface area contributed by atoms with E-state index in [-0.39, 0.29) is 11.6 Å². The molecule has 2 heterocycles. The van der Waals surface area contributed by atoms with Gasteiger partial charge in [-0.25, -0.2) is 4.90 Å². The number of hydrogen-bond donors (Lipinski definition) is 1. The minimum atomic E-state index is -0.421. The molecule has 0 spiro atoms. The largest absolute Gasteiger partial charge is 0.494 e. The maximum atomic E-state index is 13.4. The van der Waals surface area contributed by atoms with Gasteiger partial charge in [-0.15, -0.1) is 11.3 Å². The Morgan fingerprint density at radius 2 is 1.90 bits per heavy atom. The van der Waals surface area contributed by atoms with Crippen molar-refractivity contribution in [1.82, 2.24) is 0 Å². The van der Waals surface area contributed by atoms with Crippen LogP contribution in [0.5, 0.6) is 5.75 Å². The molecule has 3 aromatic rings. The van der Waals surface area contributed by atoms with Crippen molar-refractivity contribution in [1.29, 1.82) is 0 Å². The summed E-state index contributed by atoms with van der Waals surface area (Å²) in [4.78, 5) is 28.7. The molecule has 4 rings (SSSR count). The third-order valence-corrected chi connectivity index (χ3v) is 5.80. The number of benzene rings is 2. The maximum Gasteiger partial charge on any atom is 0.282 e. The van der Waals surface area contributed by atoms with Crippen molar-refractivity contribution < 1.29 is 14.3 Å². The Bertz CT molecular complexity index is 1160. The van der Waals surface area contributed by atoms with E-state index in [1.807, 2.05) is 49.6 Å². The number of rotatable bonds is 6. The molecule has 30 heavy (non-hydrogen) atoms. The highest BCUT2D eigenvalue weighted by Gasteiger charge is 2.41. The first kappa shape index (κ1) is 20.2. The summed E-state index contributed by atoms with van der Waals surface area (Å²) in [5, 5.41) is 5.49. The fraction of sp³-hybridized carbons (Fsp3) is 0.130. The summed E-state index contributed by atoms with van der Waals surface area (Å²) in [6, 6.07) is 16.1. The standard InChI is InChI=1S/C23H19ClN2O3S/c1-3-29-17-7-4-6-16(13-17)25-21-20(19-8-5-11-30-19)22(27)26(23(21)28)18-12-15(24)10-9-14(18)2/h4-13,25H,3H2,1-2H3. The lowest BCUT2D eigenvalue weighted by Gasteiger charge is -2.18. The van der Waals surface area contributed by atoms with Crippen molar-refractivity contribution in [3.8, 4) is 5.75 Å². The summed E-state index contributed by atoms with van der Waals surface area (Å²) in [7, 11) is 0. The molecule has 0 fully saturated rings. The van der Waals surface area contributed by atoms with E-state index in [2.05, 4.69) is 5.32 Å². The van der Waals surface area contributed by atoms with Crippen molar-refractivity contribution in [3.63, 3.8) is 0 Å². The topological polar surface area (TPSA) is 58.6 Å². The predicted octanol–water partition coefficient (Wildman–Crippen LogP) is 5.51. The summed E-state index contributed by atoms with van der Waals surface area (Å²) in [5.74, 6) is -0.119. The van der Waals surface area contributed by atoms with Crippen LogP contribution in [0.3, 0.4) is 0 Å². The van der Waals surface area contributed by atoms with Crippen LogP contribution in [0.15, 0.2) is 65.7 Å². The molecule has 0 saturated carbocycles. The van der Waals surface area contributed by atoms with E-state index in [1.165, 1.54) is 16.2 Å². The smallest absolute Gasteiger partial charge is 0.282 e. The molecule has 7 heteroatoms. The highest BCUT2D eigenvalue weighted by atomic mass is 35.5. The number of aryl methyl sites for hydroxylation is 1. The molecule has 1 aliphatic rings. The van der Waals surface area contributed by atoms with E-state index < -0.39 is 5.91 Å². The van der Waals surface area contributed by atoms with E-state index in [4.69, 9.17) is 16.3 Å². The first-order chi connectivity index (χ1) is 14.5. The van der Waals surface area contributed by atoms with Gasteiger partial charge in [0, 0.05) is 21.7 Å². The van der Waals surface area contributed by atoms with Crippen LogP contribution in [0, 0.1) is 6.92 Å². The van der Waals surface area contributed by atoms with Crippen LogP contribution in [-0.2, 0) is 9.59 Å². The first-order valence-electron chi connectivity index (χ1n) is 9.42. The number of halogens is 1. The highest BCUT2D eigenvalue weighted by molar-refractivity contribution is 7.11. The molecule has 152 valence electrons. The monoisotopic (exact) mass is 438 g/mol. The Balaban J connectivity index is 1.79. The van der Waals surface area contributed by atoms with Gasteiger partial charge < -0.3 is 10.1 Å². The average Bonchev–Trinajstić information content (AvgIpc) is 3.32. The summed E-state index contributed by atoms with van der Waals surface area (Å²) < 4.78 is 5.55. The molecule has 1 aromatic heterocycles. The molecule has 0 atom stereocenters. The van der Waals surface area contributed by atoms with Crippen LogP contribution in [-0.4, -0.2) is 18.4 Å². The molecule has 5 nitrogen and oxygen atoms in total. The second-order valence-corrected chi connectivity index (χ2v) is 8.07. The van der Waals surface area contributed by atoms with Gasteiger partial charge in [0.15, 0.2) is 0 Å². The number of carbonyl (C=O) groups excluding carboxylic acids is 2. The zero-order valence-corrected chi connectivity index (χ0v) is 18.0. The lowest BCUT2D eigenvalue weighted by Crippen LogP contribution is -2.33. The van der Waals surface area contributed by atoms with Gasteiger partial charge in [-0.3, -0.25) is 9.59 Å². The second kappa shape index (κ2) is 8.34. The second-order valence-electron chi connectivity index (χ2n) is 6.69. The quantitative estimate of drug-likeness (QED) is 0.516. The van der Waals surface area contributed by atoms with Crippen molar-refractivity contribution in [2.24, 2.45) is 0 Å². The molecule has 2 aromatic carbocycles. The number of amides is 2. The molecular formula is C23H19ClN2O3S. The van der Waals surface area contributed by atoms with E-state index >= 15 is 0 Å². The zero-order valence-electron chi connectivity index (χ0n) is 16.4. The maximum absolute atomic E-state index is 13.4. The number of carbonyl (C=O) groups is 2. The van der Waals surface area contributed by atoms with Crippen LogP contribution in [0.1, 0.15) is 17.4 Å². The first-order valence-corrected chi connectivity index (χ1v) is 10.7. The number of hydrogen-bond acceptors (Lipinski definition) is 5. The van der Waals surface area contributed by atoms with Gasteiger partial charge >= 0.3 is 0 Å². The van der Waals surface area contributed by atoms with Gasteiger partial charge in [0.2, 0.25) is 0 Å². The van der Waals surface area contributed by atoms with Crippen molar-refractivity contribution in [3.05, 3.63) is 81.1 Å².